The number of nitrogens with one attached hydrogen (secondary N) is 1. The summed E-state index contributed by atoms with van der Waals surface area (Å²) in [6, 6.07) is 8.24. The number of para-hydroxylation sites is 1. The Bertz CT molecular complexity index is 647. The van der Waals surface area contributed by atoms with E-state index in [-0.39, 0.29) is 23.8 Å². The first kappa shape index (κ1) is 19.7. The Kier molecular flexibility index (Phi) is 6.75. The van der Waals surface area contributed by atoms with Crippen LogP contribution in [0.3, 0.4) is 0 Å². The van der Waals surface area contributed by atoms with Gasteiger partial charge in [0.2, 0.25) is 5.91 Å². The summed E-state index contributed by atoms with van der Waals surface area (Å²) in [5.41, 5.74) is 1.86. The van der Waals surface area contributed by atoms with Crippen LogP contribution in [0.2, 0.25) is 0 Å². The molecule has 0 aliphatic carbocycles. The fraction of sp³-hybridized carbons (Fsp3) is 0.636. The molecule has 1 N–H and O–H groups in total. The average molecular weight is 372 g/mol. The molecular weight excluding hydrogens is 338 g/mol. The van der Waals surface area contributed by atoms with Gasteiger partial charge in [-0.3, -0.25) is 9.59 Å². The molecule has 5 heteroatoms. The zero-order valence-electron chi connectivity index (χ0n) is 16.7. The van der Waals surface area contributed by atoms with E-state index in [0.717, 1.165) is 69.5 Å². The summed E-state index contributed by atoms with van der Waals surface area (Å²) >= 11 is 0. The molecule has 0 aromatic heterocycles. The molecule has 1 aromatic rings. The van der Waals surface area contributed by atoms with Gasteiger partial charge in [-0.15, -0.1) is 0 Å². The molecule has 2 fully saturated rings. The van der Waals surface area contributed by atoms with Gasteiger partial charge in [0.1, 0.15) is 0 Å². The molecule has 3 rings (SSSR count). The Labute approximate surface area is 163 Å². The number of amides is 2. The standard InChI is InChI=1S/C22H33N3O2/c1-3-17(2)21(26)23-18-11-15-24(16-12-18)20-10-6-5-9-19(20)22(27)25-13-7-4-8-14-25/h5-6,9-10,17-18H,3-4,7-8,11-16H2,1-2H3,(H,23,26). The summed E-state index contributed by atoms with van der Waals surface area (Å²) in [6.07, 6.45) is 6.16. The first-order valence-electron chi connectivity index (χ1n) is 10.5. The second-order valence-electron chi connectivity index (χ2n) is 7.95. The highest BCUT2D eigenvalue weighted by Crippen LogP contribution is 2.26. The van der Waals surface area contributed by atoms with Crippen molar-refractivity contribution in [2.24, 2.45) is 5.92 Å². The third kappa shape index (κ3) is 4.82. The van der Waals surface area contributed by atoms with Gasteiger partial charge >= 0.3 is 0 Å². The van der Waals surface area contributed by atoms with Gasteiger partial charge in [0.25, 0.3) is 5.91 Å². The molecule has 0 saturated carbocycles. The van der Waals surface area contributed by atoms with Gasteiger partial charge < -0.3 is 15.1 Å². The zero-order chi connectivity index (χ0) is 19.2. The highest BCUT2D eigenvalue weighted by molar-refractivity contribution is 5.99. The lowest BCUT2D eigenvalue weighted by atomic mass is 10.0. The third-order valence-corrected chi connectivity index (χ3v) is 6.02. The largest absolute Gasteiger partial charge is 0.371 e. The van der Waals surface area contributed by atoms with Gasteiger partial charge in [-0.2, -0.15) is 0 Å². The maximum Gasteiger partial charge on any atom is 0.255 e. The lowest BCUT2D eigenvalue weighted by Gasteiger charge is -2.36. The highest BCUT2D eigenvalue weighted by Gasteiger charge is 2.26. The normalized spacial score (nSPS) is 19.6. The van der Waals surface area contributed by atoms with Crippen molar-refractivity contribution in [3.63, 3.8) is 0 Å². The van der Waals surface area contributed by atoms with Crippen molar-refractivity contribution in [3.8, 4) is 0 Å². The van der Waals surface area contributed by atoms with Crippen LogP contribution in [0.4, 0.5) is 5.69 Å². The van der Waals surface area contributed by atoms with Gasteiger partial charge in [-0.1, -0.05) is 26.0 Å². The fourth-order valence-corrected chi connectivity index (χ4v) is 3.99. The molecule has 0 radical (unpaired) electrons. The van der Waals surface area contributed by atoms with Crippen molar-refractivity contribution in [3.05, 3.63) is 29.8 Å². The molecule has 2 aliphatic rings. The minimum absolute atomic E-state index is 0.0749. The van der Waals surface area contributed by atoms with Crippen LogP contribution in [0.1, 0.15) is 62.7 Å². The van der Waals surface area contributed by atoms with Crippen molar-refractivity contribution in [1.29, 1.82) is 0 Å². The molecule has 5 nitrogen and oxygen atoms in total. The summed E-state index contributed by atoms with van der Waals surface area (Å²) in [6.45, 7) is 7.51. The van der Waals surface area contributed by atoms with E-state index in [1.807, 2.05) is 36.9 Å². The molecule has 27 heavy (non-hydrogen) atoms. The smallest absolute Gasteiger partial charge is 0.255 e. The Morgan fingerprint density at radius 3 is 2.41 bits per heavy atom. The summed E-state index contributed by atoms with van der Waals surface area (Å²) in [7, 11) is 0. The predicted octanol–water partition coefficient (Wildman–Crippen LogP) is 3.44. The second kappa shape index (κ2) is 9.25. The number of rotatable bonds is 5. The van der Waals surface area contributed by atoms with E-state index in [1.165, 1.54) is 6.42 Å². The van der Waals surface area contributed by atoms with E-state index in [9.17, 15) is 9.59 Å². The highest BCUT2D eigenvalue weighted by atomic mass is 16.2. The number of carbonyl (C=O) groups excluding carboxylic acids is 2. The van der Waals surface area contributed by atoms with Crippen molar-refractivity contribution >= 4 is 17.5 Å². The number of piperidine rings is 2. The molecule has 2 amide bonds. The summed E-state index contributed by atoms with van der Waals surface area (Å²) in [5.74, 6) is 0.403. The van der Waals surface area contributed by atoms with Crippen LogP contribution >= 0.6 is 0 Å². The monoisotopic (exact) mass is 371 g/mol. The van der Waals surface area contributed by atoms with E-state index < -0.39 is 0 Å². The summed E-state index contributed by atoms with van der Waals surface area (Å²) in [5, 5.41) is 3.19. The van der Waals surface area contributed by atoms with E-state index in [1.54, 1.807) is 0 Å². The van der Waals surface area contributed by atoms with Gasteiger partial charge in [-0.25, -0.2) is 0 Å². The van der Waals surface area contributed by atoms with Crippen LogP contribution in [-0.4, -0.2) is 48.9 Å². The molecule has 0 spiro atoms. The minimum Gasteiger partial charge on any atom is -0.371 e. The molecule has 1 unspecified atom stereocenters. The first-order valence-corrected chi connectivity index (χ1v) is 10.5. The number of hydrogen-bond donors (Lipinski definition) is 1. The summed E-state index contributed by atoms with van der Waals surface area (Å²) < 4.78 is 0. The number of carbonyl (C=O) groups is 2. The van der Waals surface area contributed by atoms with Crippen molar-refractivity contribution in [1.82, 2.24) is 10.2 Å². The zero-order valence-corrected chi connectivity index (χ0v) is 16.7. The maximum atomic E-state index is 13.0. The van der Waals surface area contributed by atoms with E-state index in [4.69, 9.17) is 0 Å². The Balaban J connectivity index is 1.63. The van der Waals surface area contributed by atoms with E-state index in [0.29, 0.717) is 0 Å². The number of likely N-dealkylation sites (tertiary alicyclic amines) is 1. The van der Waals surface area contributed by atoms with Gasteiger partial charge in [0, 0.05) is 43.8 Å². The van der Waals surface area contributed by atoms with Gasteiger partial charge in [-0.05, 0) is 50.7 Å². The van der Waals surface area contributed by atoms with E-state index >= 15 is 0 Å². The minimum atomic E-state index is 0.0749. The van der Waals surface area contributed by atoms with Crippen molar-refractivity contribution in [2.45, 2.75) is 58.4 Å². The second-order valence-corrected chi connectivity index (χ2v) is 7.95. The van der Waals surface area contributed by atoms with Crippen LogP contribution in [-0.2, 0) is 4.79 Å². The topological polar surface area (TPSA) is 52.7 Å². The first-order chi connectivity index (χ1) is 13.1. The predicted molar refractivity (Wildman–Crippen MR) is 109 cm³/mol. The van der Waals surface area contributed by atoms with Crippen LogP contribution < -0.4 is 10.2 Å². The number of anilines is 1. The quantitative estimate of drug-likeness (QED) is 0.863. The maximum absolute atomic E-state index is 13.0. The number of benzene rings is 1. The van der Waals surface area contributed by atoms with Gasteiger partial charge in [0.05, 0.1) is 5.56 Å². The third-order valence-electron chi connectivity index (χ3n) is 6.02. The van der Waals surface area contributed by atoms with Crippen LogP contribution in [0.5, 0.6) is 0 Å². The molecule has 1 atom stereocenters. The lowest BCUT2D eigenvalue weighted by molar-refractivity contribution is -0.125. The Morgan fingerprint density at radius 1 is 1.07 bits per heavy atom. The van der Waals surface area contributed by atoms with Crippen molar-refractivity contribution < 1.29 is 9.59 Å². The molecule has 2 heterocycles. The lowest BCUT2D eigenvalue weighted by Crippen LogP contribution is -2.46. The molecule has 2 saturated heterocycles. The molecule has 148 valence electrons. The van der Waals surface area contributed by atoms with Crippen molar-refractivity contribution in [2.75, 3.05) is 31.1 Å². The number of nitrogens with zero attached hydrogens (tertiary/aromatic N) is 2. The Morgan fingerprint density at radius 2 is 1.74 bits per heavy atom. The molecule has 2 aliphatic heterocycles. The summed E-state index contributed by atoms with van der Waals surface area (Å²) in [4.78, 5) is 29.5. The molecule has 1 aromatic carbocycles. The average Bonchev–Trinajstić information content (AvgIpc) is 2.73. The van der Waals surface area contributed by atoms with Crippen LogP contribution in [0.15, 0.2) is 24.3 Å². The fourth-order valence-electron chi connectivity index (χ4n) is 3.99. The van der Waals surface area contributed by atoms with E-state index in [2.05, 4.69) is 16.3 Å². The number of hydrogen-bond acceptors (Lipinski definition) is 3. The molecule has 0 bridgehead atoms. The Hall–Kier alpha value is -2.04. The van der Waals surface area contributed by atoms with Gasteiger partial charge in [0.15, 0.2) is 0 Å². The van der Waals surface area contributed by atoms with Crippen LogP contribution in [0.25, 0.3) is 0 Å². The van der Waals surface area contributed by atoms with Crippen LogP contribution in [0, 0.1) is 5.92 Å². The molecular formula is C22H33N3O2. The SMILES string of the molecule is CCC(C)C(=O)NC1CCN(c2ccccc2C(=O)N2CCCCC2)CC1.